The van der Waals surface area contributed by atoms with Crippen molar-refractivity contribution >= 4 is 34.3 Å². The summed E-state index contributed by atoms with van der Waals surface area (Å²) < 4.78 is 0. The number of carbonyl (C=O) groups is 1. The second-order valence-electron chi connectivity index (χ2n) is 3.98. The van der Waals surface area contributed by atoms with Gasteiger partial charge in [0.15, 0.2) is 5.13 Å². The molecule has 0 bridgehead atoms. The average molecular weight is 272 g/mol. The normalized spacial score (nSPS) is 14.2. The molecule has 1 radical (unpaired) electrons. The summed E-state index contributed by atoms with van der Waals surface area (Å²) in [6, 6.07) is -0.137. The number of anilines is 1. The quantitative estimate of drug-likeness (QED) is 0.583. The topological polar surface area (TPSA) is 54.0 Å². The molecule has 95 valence electrons. The monoisotopic (exact) mass is 272 g/mol. The lowest BCUT2D eigenvalue weighted by Gasteiger charge is -2.08. The number of amides is 2. The van der Waals surface area contributed by atoms with Crippen molar-refractivity contribution < 1.29 is 4.79 Å². The zero-order valence-electron chi connectivity index (χ0n) is 9.95. The molecule has 2 amide bonds. The Morgan fingerprint density at radius 2 is 2.47 bits per heavy atom. The fourth-order valence-electron chi connectivity index (χ4n) is 1.64. The summed E-state index contributed by atoms with van der Waals surface area (Å²) in [7, 11) is 0. The molecule has 1 aliphatic rings. The summed E-state index contributed by atoms with van der Waals surface area (Å²) in [5.41, 5.74) is 1.18. The molecule has 2 rings (SSSR count). The molecular formula is C11H18N3OS2. The second-order valence-corrected chi connectivity index (χ2v) is 6.27. The molecule has 0 saturated carbocycles. The Bertz CT molecular complexity index is 369. The standard InChI is InChI=1S/C11H18N3OS2/c1-2-3-5-12-10(15)14-11-13-8-4-6-16-7-9(8)17-11/h16H,2-7H2,1H3,(H2,12,13,14,15). The van der Waals surface area contributed by atoms with Gasteiger partial charge in [0.05, 0.1) is 5.69 Å². The number of urea groups is 1. The third-order valence-electron chi connectivity index (χ3n) is 2.58. The zero-order chi connectivity index (χ0) is 12.1. The van der Waals surface area contributed by atoms with Crippen molar-refractivity contribution in [2.75, 3.05) is 17.6 Å². The van der Waals surface area contributed by atoms with E-state index in [1.54, 1.807) is 11.3 Å². The number of fused-ring (bicyclic) bond motifs is 1. The highest BCUT2D eigenvalue weighted by molar-refractivity contribution is 7.98. The maximum absolute atomic E-state index is 11.5. The Balaban J connectivity index is 1.86. The number of rotatable bonds is 4. The minimum absolute atomic E-state index is 0.137. The van der Waals surface area contributed by atoms with Crippen LogP contribution in [0, 0.1) is 0 Å². The third-order valence-corrected chi connectivity index (χ3v) is 4.88. The van der Waals surface area contributed by atoms with Crippen LogP contribution in [0.3, 0.4) is 0 Å². The van der Waals surface area contributed by atoms with E-state index in [4.69, 9.17) is 0 Å². The molecular weight excluding hydrogens is 254 g/mol. The number of hydrogen-bond donors (Lipinski definition) is 3. The maximum atomic E-state index is 11.5. The lowest BCUT2D eigenvalue weighted by atomic mass is 10.3. The molecule has 1 aromatic rings. The Morgan fingerprint density at radius 1 is 1.59 bits per heavy atom. The highest BCUT2D eigenvalue weighted by atomic mass is 32.2. The first kappa shape index (κ1) is 12.7. The number of nitrogens with one attached hydrogen (secondary N) is 2. The van der Waals surface area contributed by atoms with E-state index in [0.29, 0.717) is 0 Å². The van der Waals surface area contributed by atoms with Gasteiger partial charge in [-0.15, -0.1) is 11.3 Å². The largest absolute Gasteiger partial charge is 0.338 e. The Morgan fingerprint density at radius 3 is 3.24 bits per heavy atom. The van der Waals surface area contributed by atoms with Gasteiger partial charge >= 0.3 is 6.03 Å². The minimum Gasteiger partial charge on any atom is -0.338 e. The van der Waals surface area contributed by atoms with E-state index in [0.717, 1.165) is 36.7 Å². The SMILES string of the molecule is CCCCNC(=O)Nc1nc2c(s1)C[SH]CC2. The van der Waals surface area contributed by atoms with Gasteiger partial charge in [0.1, 0.15) is 0 Å². The summed E-state index contributed by atoms with van der Waals surface area (Å²) in [5, 5.41) is 6.38. The van der Waals surface area contributed by atoms with Crippen LogP contribution in [0.25, 0.3) is 0 Å². The summed E-state index contributed by atoms with van der Waals surface area (Å²) in [4.78, 5) is 17.3. The van der Waals surface area contributed by atoms with Crippen molar-refractivity contribution in [1.29, 1.82) is 0 Å². The van der Waals surface area contributed by atoms with Crippen LogP contribution in [0.4, 0.5) is 9.93 Å². The number of thiazole rings is 1. The summed E-state index contributed by atoms with van der Waals surface area (Å²) >= 11 is 3.09. The van der Waals surface area contributed by atoms with E-state index in [1.165, 1.54) is 28.1 Å². The number of carbonyl (C=O) groups excluding carboxylic acids is 1. The molecule has 0 saturated heterocycles. The molecule has 4 nitrogen and oxygen atoms in total. The van der Waals surface area contributed by atoms with Crippen molar-refractivity contribution in [1.82, 2.24) is 10.3 Å². The van der Waals surface area contributed by atoms with E-state index >= 15 is 0 Å². The molecule has 1 aliphatic heterocycles. The van der Waals surface area contributed by atoms with E-state index < -0.39 is 0 Å². The van der Waals surface area contributed by atoms with E-state index in [1.807, 2.05) is 0 Å². The molecule has 0 spiro atoms. The fourth-order valence-corrected chi connectivity index (χ4v) is 3.89. The van der Waals surface area contributed by atoms with Crippen LogP contribution in [0.1, 0.15) is 30.3 Å². The first-order valence-corrected chi connectivity index (χ1v) is 8.04. The summed E-state index contributed by atoms with van der Waals surface area (Å²) in [6.45, 7) is 2.83. The minimum atomic E-state index is -0.137. The van der Waals surface area contributed by atoms with Crippen molar-refractivity contribution in [3.63, 3.8) is 0 Å². The van der Waals surface area contributed by atoms with Crippen LogP contribution in [-0.4, -0.2) is 23.3 Å². The third kappa shape index (κ3) is 3.61. The van der Waals surface area contributed by atoms with Gasteiger partial charge in [-0.1, -0.05) is 13.3 Å². The van der Waals surface area contributed by atoms with E-state index in [-0.39, 0.29) is 6.03 Å². The highest BCUT2D eigenvalue weighted by Crippen LogP contribution is 2.31. The van der Waals surface area contributed by atoms with Crippen LogP contribution in [0.5, 0.6) is 0 Å². The lowest BCUT2D eigenvalue weighted by molar-refractivity contribution is 0.252. The summed E-state index contributed by atoms with van der Waals surface area (Å²) in [5.74, 6) is 2.28. The number of aromatic nitrogens is 1. The average Bonchev–Trinajstić information content (AvgIpc) is 2.71. The van der Waals surface area contributed by atoms with E-state index in [2.05, 4.69) is 22.5 Å². The van der Waals surface area contributed by atoms with Crippen molar-refractivity contribution in [3.8, 4) is 0 Å². The van der Waals surface area contributed by atoms with Crippen molar-refractivity contribution in [2.45, 2.75) is 31.9 Å². The van der Waals surface area contributed by atoms with Crippen LogP contribution in [0.2, 0.25) is 0 Å². The number of aryl methyl sites for hydroxylation is 1. The lowest BCUT2D eigenvalue weighted by Crippen LogP contribution is -2.29. The van der Waals surface area contributed by atoms with Gasteiger partial charge in [0.2, 0.25) is 0 Å². The van der Waals surface area contributed by atoms with Gasteiger partial charge in [-0.2, -0.15) is 0 Å². The number of thiol groups is 1. The first-order valence-electron chi connectivity index (χ1n) is 5.96. The Kier molecular flexibility index (Phi) is 4.67. The van der Waals surface area contributed by atoms with Gasteiger partial charge in [-0.25, -0.2) is 21.5 Å². The van der Waals surface area contributed by atoms with Gasteiger partial charge in [-0.3, -0.25) is 5.32 Å². The number of unbranched alkanes of at least 4 members (excludes halogenated alkanes) is 1. The predicted molar refractivity (Wildman–Crippen MR) is 75.3 cm³/mol. The fraction of sp³-hybridized carbons (Fsp3) is 0.636. The first-order chi connectivity index (χ1) is 8.29. The molecule has 17 heavy (non-hydrogen) atoms. The molecule has 0 aliphatic carbocycles. The van der Waals surface area contributed by atoms with Crippen LogP contribution < -0.4 is 10.6 Å². The smallest absolute Gasteiger partial charge is 0.321 e. The highest BCUT2D eigenvalue weighted by Gasteiger charge is 2.15. The molecule has 0 atom stereocenters. The Labute approximate surface area is 110 Å². The summed E-state index contributed by atoms with van der Waals surface area (Å²) in [6.07, 6.45) is 3.15. The predicted octanol–water partition coefficient (Wildman–Crippen LogP) is 2.59. The molecule has 2 N–H and O–H groups in total. The number of nitrogens with zero attached hydrogens (tertiary/aromatic N) is 1. The maximum Gasteiger partial charge on any atom is 0.321 e. The molecule has 6 heteroatoms. The van der Waals surface area contributed by atoms with E-state index in [9.17, 15) is 4.79 Å². The Hall–Kier alpha value is -0.750. The van der Waals surface area contributed by atoms with Gasteiger partial charge in [0, 0.05) is 17.2 Å². The van der Waals surface area contributed by atoms with Gasteiger partial charge < -0.3 is 5.32 Å². The second kappa shape index (κ2) is 6.26. The van der Waals surface area contributed by atoms with Gasteiger partial charge in [-0.05, 0) is 18.6 Å². The molecule has 0 unspecified atom stereocenters. The van der Waals surface area contributed by atoms with Crippen LogP contribution in [-0.2, 0) is 12.2 Å². The molecule has 1 aromatic heterocycles. The van der Waals surface area contributed by atoms with Crippen LogP contribution in [0.15, 0.2) is 0 Å². The van der Waals surface area contributed by atoms with Crippen molar-refractivity contribution in [3.05, 3.63) is 10.6 Å². The van der Waals surface area contributed by atoms with Gasteiger partial charge in [0.25, 0.3) is 0 Å². The molecule has 0 fully saturated rings. The number of hydrogen-bond acceptors (Lipinski definition) is 3. The van der Waals surface area contributed by atoms with Crippen molar-refractivity contribution in [2.24, 2.45) is 0 Å². The van der Waals surface area contributed by atoms with Crippen LogP contribution >= 0.6 is 23.1 Å². The zero-order valence-corrected chi connectivity index (χ0v) is 11.7. The molecule has 0 aromatic carbocycles. The molecule has 2 heterocycles.